The molecule has 1 aromatic rings. The van der Waals surface area contributed by atoms with Gasteiger partial charge in [0, 0.05) is 19.2 Å². The van der Waals surface area contributed by atoms with Crippen LogP contribution in [0.4, 0.5) is 0 Å². The molecule has 1 aliphatic rings. The molecule has 0 saturated carbocycles. The van der Waals surface area contributed by atoms with E-state index in [4.69, 9.17) is 4.74 Å². The maximum atomic E-state index is 12.3. The Balaban J connectivity index is 1.89. The maximum absolute atomic E-state index is 12.3. The number of Topliss-reactive ketones (excluding diaryl/α,β-unsaturated/α-hetero) is 1. The maximum Gasteiger partial charge on any atom is 0.176 e. The number of aryl methyl sites for hydroxylation is 1. The van der Waals surface area contributed by atoms with Gasteiger partial charge in [0.05, 0.1) is 13.2 Å². The van der Waals surface area contributed by atoms with Gasteiger partial charge in [-0.25, -0.2) is 0 Å². The van der Waals surface area contributed by atoms with Gasteiger partial charge in [-0.3, -0.25) is 9.69 Å². The summed E-state index contributed by atoms with van der Waals surface area (Å²) in [5.74, 6) is 0.801. The molecule has 1 aromatic carbocycles. The van der Waals surface area contributed by atoms with Crippen molar-refractivity contribution in [3.05, 3.63) is 35.4 Å². The first kappa shape index (κ1) is 15.2. The van der Waals surface area contributed by atoms with E-state index in [1.54, 1.807) is 7.11 Å². The van der Waals surface area contributed by atoms with Crippen molar-refractivity contribution >= 4 is 5.78 Å². The Bertz CT molecular complexity index is 425. The van der Waals surface area contributed by atoms with Crippen LogP contribution in [0.2, 0.25) is 0 Å². The molecule has 1 heterocycles. The predicted molar refractivity (Wildman–Crippen MR) is 81.2 cm³/mol. The fourth-order valence-electron chi connectivity index (χ4n) is 2.89. The number of carbonyl (C=O) groups excluding carboxylic acids is 1. The molecule has 0 spiro atoms. The smallest absolute Gasteiger partial charge is 0.176 e. The minimum atomic E-state index is 0.228. The lowest BCUT2D eigenvalue weighted by Crippen LogP contribution is -2.40. The number of ether oxygens (including phenoxy) is 1. The summed E-state index contributed by atoms with van der Waals surface area (Å²) in [6.07, 6.45) is 3.39. The van der Waals surface area contributed by atoms with Crippen LogP contribution in [0.3, 0.4) is 0 Å². The monoisotopic (exact) mass is 275 g/mol. The highest BCUT2D eigenvalue weighted by Gasteiger charge is 2.21. The van der Waals surface area contributed by atoms with Crippen molar-refractivity contribution in [3.8, 4) is 0 Å². The number of rotatable bonds is 6. The van der Waals surface area contributed by atoms with Crippen molar-refractivity contribution in [2.24, 2.45) is 5.92 Å². The molecule has 0 radical (unpaired) electrons. The average Bonchev–Trinajstić information content (AvgIpc) is 2.48. The third kappa shape index (κ3) is 4.15. The van der Waals surface area contributed by atoms with Crippen LogP contribution in [0.1, 0.15) is 35.7 Å². The number of benzene rings is 1. The molecule has 3 heteroatoms. The fraction of sp³-hybridized carbons (Fsp3) is 0.588. The molecule has 0 aromatic heterocycles. The van der Waals surface area contributed by atoms with E-state index in [1.807, 2.05) is 12.1 Å². The summed E-state index contributed by atoms with van der Waals surface area (Å²) in [5, 5.41) is 0. The van der Waals surface area contributed by atoms with Crippen LogP contribution in [0.5, 0.6) is 0 Å². The van der Waals surface area contributed by atoms with Gasteiger partial charge in [0.15, 0.2) is 5.78 Å². The van der Waals surface area contributed by atoms with E-state index in [2.05, 4.69) is 24.0 Å². The number of hydrogen-bond donors (Lipinski definition) is 0. The highest BCUT2D eigenvalue weighted by molar-refractivity contribution is 5.97. The van der Waals surface area contributed by atoms with E-state index in [-0.39, 0.29) is 5.78 Å². The van der Waals surface area contributed by atoms with Crippen LogP contribution in [0.15, 0.2) is 24.3 Å². The lowest BCUT2D eigenvalue weighted by atomic mass is 9.98. The number of piperidine rings is 1. The van der Waals surface area contributed by atoms with Crippen LogP contribution < -0.4 is 0 Å². The number of hydrogen-bond acceptors (Lipinski definition) is 3. The molecule has 3 nitrogen and oxygen atoms in total. The van der Waals surface area contributed by atoms with E-state index < -0.39 is 0 Å². The second kappa shape index (κ2) is 7.55. The SMILES string of the molecule is CCc1ccc(C(=O)CN2CCCC(COC)C2)cc1. The topological polar surface area (TPSA) is 29.5 Å². The predicted octanol–water partition coefficient (Wildman–Crippen LogP) is 2.79. The summed E-state index contributed by atoms with van der Waals surface area (Å²) in [6.45, 7) is 5.47. The summed E-state index contributed by atoms with van der Waals surface area (Å²) in [7, 11) is 1.75. The van der Waals surface area contributed by atoms with E-state index in [9.17, 15) is 4.79 Å². The zero-order valence-corrected chi connectivity index (χ0v) is 12.6. The standard InChI is InChI=1S/C17H25NO2/c1-3-14-6-8-16(9-7-14)17(19)12-18-10-4-5-15(11-18)13-20-2/h6-9,15H,3-5,10-13H2,1-2H3. The first-order chi connectivity index (χ1) is 9.72. The lowest BCUT2D eigenvalue weighted by Gasteiger charge is -2.31. The van der Waals surface area contributed by atoms with Gasteiger partial charge in [-0.05, 0) is 37.3 Å². The summed E-state index contributed by atoms with van der Waals surface area (Å²) in [6, 6.07) is 8.02. The summed E-state index contributed by atoms with van der Waals surface area (Å²) < 4.78 is 5.23. The number of methoxy groups -OCH3 is 1. The third-order valence-electron chi connectivity index (χ3n) is 4.06. The van der Waals surface area contributed by atoms with Crippen LogP contribution in [-0.2, 0) is 11.2 Å². The number of likely N-dealkylation sites (tertiary alicyclic amines) is 1. The molecule has 0 N–H and O–H groups in total. The molecule has 0 amide bonds. The molecule has 0 aliphatic carbocycles. The molecule has 0 bridgehead atoms. The minimum Gasteiger partial charge on any atom is -0.384 e. The normalized spacial score (nSPS) is 20.0. The van der Waals surface area contributed by atoms with Crippen LogP contribution >= 0.6 is 0 Å². The van der Waals surface area contributed by atoms with Crippen LogP contribution in [0.25, 0.3) is 0 Å². The molecule has 110 valence electrons. The number of ketones is 1. The van der Waals surface area contributed by atoms with Crippen molar-refractivity contribution in [3.63, 3.8) is 0 Å². The minimum absolute atomic E-state index is 0.228. The molecule has 1 atom stereocenters. The Labute approximate surface area is 121 Å². The quantitative estimate of drug-likeness (QED) is 0.748. The Kier molecular flexibility index (Phi) is 5.74. The molecular formula is C17H25NO2. The van der Waals surface area contributed by atoms with Gasteiger partial charge in [-0.15, -0.1) is 0 Å². The second-order valence-electron chi connectivity index (χ2n) is 5.67. The van der Waals surface area contributed by atoms with Gasteiger partial charge in [0.2, 0.25) is 0 Å². The molecule has 2 rings (SSSR count). The van der Waals surface area contributed by atoms with Gasteiger partial charge < -0.3 is 4.74 Å². The molecule has 20 heavy (non-hydrogen) atoms. The van der Waals surface area contributed by atoms with Crippen LogP contribution in [0, 0.1) is 5.92 Å². The summed E-state index contributed by atoms with van der Waals surface area (Å²) in [4.78, 5) is 14.6. The Morgan fingerprint density at radius 1 is 1.35 bits per heavy atom. The number of nitrogens with zero attached hydrogens (tertiary/aromatic N) is 1. The van der Waals surface area contributed by atoms with E-state index in [0.717, 1.165) is 38.1 Å². The zero-order chi connectivity index (χ0) is 14.4. The Hall–Kier alpha value is -1.19. The Morgan fingerprint density at radius 3 is 2.75 bits per heavy atom. The average molecular weight is 275 g/mol. The fourth-order valence-corrected chi connectivity index (χ4v) is 2.89. The zero-order valence-electron chi connectivity index (χ0n) is 12.6. The van der Waals surface area contributed by atoms with Crippen LogP contribution in [-0.4, -0.2) is 44.0 Å². The molecule has 1 unspecified atom stereocenters. The van der Waals surface area contributed by atoms with Crippen molar-refractivity contribution in [2.45, 2.75) is 26.2 Å². The third-order valence-corrected chi connectivity index (χ3v) is 4.06. The van der Waals surface area contributed by atoms with E-state index in [0.29, 0.717) is 12.5 Å². The van der Waals surface area contributed by atoms with Crippen molar-refractivity contribution in [2.75, 3.05) is 33.4 Å². The van der Waals surface area contributed by atoms with Crippen molar-refractivity contribution in [1.82, 2.24) is 4.90 Å². The van der Waals surface area contributed by atoms with Crippen molar-refractivity contribution in [1.29, 1.82) is 0 Å². The van der Waals surface area contributed by atoms with Crippen molar-refractivity contribution < 1.29 is 9.53 Å². The highest BCUT2D eigenvalue weighted by atomic mass is 16.5. The summed E-state index contributed by atoms with van der Waals surface area (Å²) in [5.41, 5.74) is 2.11. The van der Waals surface area contributed by atoms with E-state index in [1.165, 1.54) is 12.0 Å². The van der Waals surface area contributed by atoms with Gasteiger partial charge >= 0.3 is 0 Å². The van der Waals surface area contributed by atoms with Gasteiger partial charge in [0.25, 0.3) is 0 Å². The summed E-state index contributed by atoms with van der Waals surface area (Å²) >= 11 is 0. The molecule has 1 aliphatic heterocycles. The van der Waals surface area contributed by atoms with Gasteiger partial charge in [-0.2, -0.15) is 0 Å². The molecular weight excluding hydrogens is 250 g/mol. The first-order valence-electron chi connectivity index (χ1n) is 7.56. The number of carbonyl (C=O) groups is 1. The molecule has 1 saturated heterocycles. The first-order valence-corrected chi connectivity index (χ1v) is 7.56. The van der Waals surface area contributed by atoms with Gasteiger partial charge in [0.1, 0.15) is 0 Å². The van der Waals surface area contributed by atoms with Gasteiger partial charge in [-0.1, -0.05) is 31.2 Å². The molecule has 1 fully saturated rings. The highest BCUT2D eigenvalue weighted by Crippen LogP contribution is 2.17. The lowest BCUT2D eigenvalue weighted by molar-refractivity contribution is 0.0758. The Morgan fingerprint density at radius 2 is 2.10 bits per heavy atom. The van der Waals surface area contributed by atoms with E-state index >= 15 is 0 Å². The second-order valence-corrected chi connectivity index (χ2v) is 5.67. The largest absolute Gasteiger partial charge is 0.384 e.